The van der Waals surface area contributed by atoms with Gasteiger partial charge in [0.15, 0.2) is 0 Å². The van der Waals surface area contributed by atoms with Gasteiger partial charge in [-0.25, -0.2) is 0 Å². The molecule has 0 aliphatic heterocycles. The van der Waals surface area contributed by atoms with Crippen LogP contribution in [0.1, 0.15) is 24.2 Å². The summed E-state index contributed by atoms with van der Waals surface area (Å²) in [4.78, 5) is 0. The fourth-order valence-corrected chi connectivity index (χ4v) is 1.81. The fraction of sp³-hybridized carbons (Fsp3) is 0.545. The molecule has 17 heavy (non-hydrogen) atoms. The summed E-state index contributed by atoms with van der Waals surface area (Å²) in [5, 5.41) is 15.8. The molecular formula is C11H16N6. The van der Waals surface area contributed by atoms with Crippen LogP contribution in [0, 0.1) is 0 Å². The molecule has 1 saturated carbocycles. The van der Waals surface area contributed by atoms with Gasteiger partial charge in [-0.05, 0) is 18.9 Å². The minimum atomic E-state index is 0.683. The van der Waals surface area contributed by atoms with Crippen LogP contribution < -0.4 is 5.32 Å². The second-order valence-electron chi connectivity index (χ2n) is 4.52. The van der Waals surface area contributed by atoms with E-state index in [1.165, 1.54) is 18.5 Å². The van der Waals surface area contributed by atoms with Crippen LogP contribution in [0.2, 0.25) is 0 Å². The zero-order valence-corrected chi connectivity index (χ0v) is 9.87. The predicted molar refractivity (Wildman–Crippen MR) is 62.2 cm³/mol. The quantitative estimate of drug-likeness (QED) is 0.806. The van der Waals surface area contributed by atoms with Crippen LogP contribution in [-0.2, 0) is 20.1 Å². The summed E-state index contributed by atoms with van der Waals surface area (Å²) in [7, 11) is 1.87. The summed E-state index contributed by atoms with van der Waals surface area (Å²) in [6.45, 7) is 1.56. The van der Waals surface area contributed by atoms with Crippen molar-refractivity contribution in [1.29, 1.82) is 0 Å². The monoisotopic (exact) mass is 232 g/mol. The van der Waals surface area contributed by atoms with Crippen molar-refractivity contribution in [1.82, 2.24) is 30.1 Å². The minimum absolute atomic E-state index is 0.683. The summed E-state index contributed by atoms with van der Waals surface area (Å²) in [6.07, 6.45) is 6.36. The summed E-state index contributed by atoms with van der Waals surface area (Å²) in [5.74, 6) is 0. The van der Waals surface area contributed by atoms with Gasteiger partial charge in [0.1, 0.15) is 5.69 Å². The molecule has 1 fully saturated rings. The van der Waals surface area contributed by atoms with E-state index in [4.69, 9.17) is 0 Å². The van der Waals surface area contributed by atoms with Crippen LogP contribution >= 0.6 is 0 Å². The van der Waals surface area contributed by atoms with Gasteiger partial charge in [-0.1, -0.05) is 5.21 Å². The lowest BCUT2D eigenvalue weighted by Gasteiger charge is -2.06. The van der Waals surface area contributed by atoms with Crippen LogP contribution in [0.15, 0.2) is 18.5 Å². The Balaban J connectivity index is 1.67. The average Bonchev–Trinajstić information content (AvgIpc) is 2.90. The minimum Gasteiger partial charge on any atom is -0.308 e. The van der Waals surface area contributed by atoms with Gasteiger partial charge in [0.2, 0.25) is 0 Å². The highest BCUT2D eigenvalue weighted by Crippen LogP contribution is 2.19. The summed E-state index contributed by atoms with van der Waals surface area (Å²) in [6, 6.07) is 2.76. The normalized spacial score (nSPS) is 15.4. The molecule has 6 nitrogen and oxygen atoms in total. The zero-order chi connectivity index (χ0) is 11.7. The molecule has 2 aromatic rings. The Kier molecular flexibility index (Phi) is 2.64. The van der Waals surface area contributed by atoms with Crippen LogP contribution in [0.3, 0.4) is 0 Å². The van der Waals surface area contributed by atoms with E-state index in [1.807, 2.05) is 30.2 Å². The van der Waals surface area contributed by atoms with Gasteiger partial charge >= 0.3 is 0 Å². The summed E-state index contributed by atoms with van der Waals surface area (Å²) >= 11 is 0. The Bertz CT molecular complexity index is 496. The molecule has 6 heteroatoms. The topological polar surface area (TPSA) is 60.6 Å². The molecule has 0 aromatic carbocycles. The van der Waals surface area contributed by atoms with Crippen molar-refractivity contribution in [2.24, 2.45) is 7.05 Å². The van der Waals surface area contributed by atoms with Crippen molar-refractivity contribution >= 4 is 0 Å². The Labute approximate surface area is 99.6 Å². The molecule has 1 N–H and O–H groups in total. The maximum Gasteiger partial charge on any atom is 0.104 e. The number of nitrogens with zero attached hydrogens (tertiary/aromatic N) is 5. The molecule has 90 valence electrons. The van der Waals surface area contributed by atoms with E-state index in [-0.39, 0.29) is 0 Å². The molecule has 3 rings (SSSR count). The number of rotatable bonds is 5. The Morgan fingerprint density at radius 2 is 2.35 bits per heavy atom. The first-order valence-corrected chi connectivity index (χ1v) is 5.90. The first kappa shape index (κ1) is 10.5. The number of hydrogen-bond donors (Lipinski definition) is 1. The predicted octanol–water partition coefficient (Wildman–Crippen LogP) is 0.312. The highest BCUT2D eigenvalue weighted by molar-refractivity contribution is 5.04. The van der Waals surface area contributed by atoms with Gasteiger partial charge in [-0.15, -0.1) is 5.10 Å². The SMILES string of the molecule is Cn1cc(Cn2nccc2CNC2CC2)nn1. The van der Waals surface area contributed by atoms with E-state index in [2.05, 4.69) is 20.7 Å². The number of aryl methyl sites for hydroxylation is 1. The fourth-order valence-electron chi connectivity index (χ4n) is 1.81. The van der Waals surface area contributed by atoms with Crippen molar-refractivity contribution in [3.8, 4) is 0 Å². The molecule has 0 radical (unpaired) electrons. The smallest absolute Gasteiger partial charge is 0.104 e. The van der Waals surface area contributed by atoms with E-state index >= 15 is 0 Å². The standard InChI is InChI=1S/C11H16N6/c1-16-7-10(14-15-16)8-17-11(4-5-13-17)6-12-9-2-3-9/h4-5,7,9,12H,2-3,6,8H2,1H3. The maximum atomic E-state index is 4.32. The molecule has 1 aliphatic carbocycles. The molecule has 0 atom stereocenters. The van der Waals surface area contributed by atoms with Gasteiger partial charge in [0.05, 0.1) is 12.2 Å². The van der Waals surface area contributed by atoms with Gasteiger partial charge < -0.3 is 5.32 Å². The number of hydrogen-bond acceptors (Lipinski definition) is 4. The third-order valence-corrected chi connectivity index (χ3v) is 2.92. The lowest BCUT2D eigenvalue weighted by molar-refractivity contribution is 0.587. The van der Waals surface area contributed by atoms with Crippen LogP contribution in [-0.4, -0.2) is 30.8 Å². The Morgan fingerprint density at radius 1 is 1.47 bits per heavy atom. The molecule has 2 heterocycles. The molecule has 0 spiro atoms. The van der Waals surface area contributed by atoms with Gasteiger partial charge in [-0.3, -0.25) is 9.36 Å². The second kappa shape index (κ2) is 4.29. The molecule has 0 unspecified atom stereocenters. The Morgan fingerprint density at radius 3 is 3.06 bits per heavy atom. The highest BCUT2D eigenvalue weighted by atomic mass is 15.4. The first-order chi connectivity index (χ1) is 8.31. The largest absolute Gasteiger partial charge is 0.308 e. The maximum absolute atomic E-state index is 4.32. The highest BCUT2D eigenvalue weighted by Gasteiger charge is 2.20. The number of nitrogens with one attached hydrogen (secondary N) is 1. The summed E-state index contributed by atoms with van der Waals surface area (Å²) in [5.41, 5.74) is 2.13. The zero-order valence-electron chi connectivity index (χ0n) is 9.87. The van der Waals surface area contributed by atoms with Gasteiger partial charge in [-0.2, -0.15) is 5.10 Å². The van der Waals surface area contributed by atoms with Crippen molar-refractivity contribution in [3.05, 3.63) is 29.8 Å². The van der Waals surface area contributed by atoms with E-state index in [9.17, 15) is 0 Å². The van der Waals surface area contributed by atoms with Crippen LogP contribution in [0.4, 0.5) is 0 Å². The Hall–Kier alpha value is -1.69. The van der Waals surface area contributed by atoms with Crippen molar-refractivity contribution in [2.45, 2.75) is 32.0 Å². The van der Waals surface area contributed by atoms with E-state index < -0.39 is 0 Å². The van der Waals surface area contributed by atoms with Crippen molar-refractivity contribution in [3.63, 3.8) is 0 Å². The lowest BCUT2D eigenvalue weighted by atomic mass is 10.4. The second-order valence-corrected chi connectivity index (χ2v) is 4.52. The van der Waals surface area contributed by atoms with Gasteiger partial charge in [0.25, 0.3) is 0 Å². The van der Waals surface area contributed by atoms with E-state index in [0.717, 1.165) is 18.3 Å². The molecule has 0 saturated heterocycles. The van der Waals surface area contributed by atoms with Crippen molar-refractivity contribution < 1.29 is 0 Å². The molecular weight excluding hydrogens is 216 g/mol. The molecule has 0 amide bonds. The van der Waals surface area contributed by atoms with Gasteiger partial charge in [0, 0.05) is 32.0 Å². The molecule has 0 bridgehead atoms. The van der Waals surface area contributed by atoms with Crippen LogP contribution in [0.25, 0.3) is 0 Å². The van der Waals surface area contributed by atoms with Crippen LogP contribution in [0.5, 0.6) is 0 Å². The van der Waals surface area contributed by atoms with E-state index in [0.29, 0.717) is 6.54 Å². The average molecular weight is 232 g/mol. The summed E-state index contributed by atoms with van der Waals surface area (Å²) < 4.78 is 3.68. The molecule has 2 aromatic heterocycles. The van der Waals surface area contributed by atoms with E-state index in [1.54, 1.807) is 4.68 Å². The third kappa shape index (κ3) is 2.52. The lowest BCUT2D eigenvalue weighted by Crippen LogP contribution is -2.19. The van der Waals surface area contributed by atoms with Crippen molar-refractivity contribution in [2.75, 3.05) is 0 Å². The third-order valence-electron chi connectivity index (χ3n) is 2.92. The number of aromatic nitrogens is 5. The first-order valence-electron chi connectivity index (χ1n) is 5.90. The molecule has 1 aliphatic rings.